The van der Waals surface area contributed by atoms with Gasteiger partial charge in [0, 0.05) is 31.6 Å². The molecule has 2 aliphatic rings. The lowest BCUT2D eigenvalue weighted by atomic mass is 9.96. The van der Waals surface area contributed by atoms with Gasteiger partial charge in [0.1, 0.15) is 19.0 Å². The van der Waals surface area contributed by atoms with Crippen LogP contribution < -0.4 is 9.47 Å². The van der Waals surface area contributed by atoms with E-state index in [0.29, 0.717) is 36.8 Å². The van der Waals surface area contributed by atoms with Crippen molar-refractivity contribution in [3.8, 4) is 11.5 Å². The molecule has 6 heteroatoms. The van der Waals surface area contributed by atoms with E-state index in [2.05, 4.69) is 17.7 Å². The number of fused-ring (bicyclic) bond motifs is 2. The summed E-state index contributed by atoms with van der Waals surface area (Å²) in [5, 5.41) is 0. The number of nitrogens with zero attached hydrogens (tertiary/aromatic N) is 3. The molecule has 1 atom stereocenters. The highest BCUT2D eigenvalue weighted by Crippen LogP contribution is 2.33. The minimum absolute atomic E-state index is 0.0421. The van der Waals surface area contributed by atoms with Crippen LogP contribution in [0.25, 0.3) is 11.0 Å². The third-order valence-corrected chi connectivity index (χ3v) is 5.68. The molecule has 28 heavy (non-hydrogen) atoms. The van der Waals surface area contributed by atoms with E-state index >= 15 is 0 Å². The van der Waals surface area contributed by atoms with Crippen molar-refractivity contribution in [3.63, 3.8) is 0 Å². The molecule has 2 aromatic carbocycles. The van der Waals surface area contributed by atoms with Gasteiger partial charge in [-0.3, -0.25) is 4.79 Å². The van der Waals surface area contributed by atoms with Crippen molar-refractivity contribution in [1.29, 1.82) is 0 Å². The van der Waals surface area contributed by atoms with E-state index in [1.54, 1.807) is 6.07 Å². The summed E-state index contributed by atoms with van der Waals surface area (Å²) in [5.74, 6) is 2.70. The summed E-state index contributed by atoms with van der Waals surface area (Å²) in [6.45, 7) is 2.52. The van der Waals surface area contributed by atoms with E-state index in [-0.39, 0.29) is 11.8 Å². The summed E-state index contributed by atoms with van der Waals surface area (Å²) >= 11 is 0. The number of aryl methyl sites for hydroxylation is 1. The van der Waals surface area contributed by atoms with Crippen LogP contribution in [0.4, 0.5) is 0 Å². The Morgan fingerprint density at radius 1 is 1.11 bits per heavy atom. The van der Waals surface area contributed by atoms with Gasteiger partial charge in [-0.05, 0) is 43.2 Å². The van der Waals surface area contributed by atoms with Gasteiger partial charge in [0.2, 0.25) is 0 Å². The molecule has 2 aliphatic heterocycles. The third kappa shape index (κ3) is 2.89. The van der Waals surface area contributed by atoms with E-state index in [1.165, 1.54) is 0 Å². The van der Waals surface area contributed by atoms with Crippen LogP contribution in [0.15, 0.2) is 42.5 Å². The van der Waals surface area contributed by atoms with Gasteiger partial charge in [-0.2, -0.15) is 0 Å². The molecule has 144 valence electrons. The Hall–Kier alpha value is -3.02. The van der Waals surface area contributed by atoms with Gasteiger partial charge >= 0.3 is 0 Å². The highest BCUT2D eigenvalue weighted by molar-refractivity contribution is 5.95. The number of aromatic nitrogens is 2. The first-order valence-corrected chi connectivity index (χ1v) is 9.81. The number of hydrogen-bond acceptors (Lipinski definition) is 4. The second-order valence-electron chi connectivity index (χ2n) is 7.47. The first-order chi connectivity index (χ1) is 13.7. The van der Waals surface area contributed by atoms with Crippen LogP contribution in [0, 0.1) is 0 Å². The Morgan fingerprint density at radius 3 is 2.79 bits per heavy atom. The van der Waals surface area contributed by atoms with Crippen LogP contribution in [0.5, 0.6) is 11.5 Å². The highest BCUT2D eigenvalue weighted by Gasteiger charge is 2.29. The molecule has 1 fully saturated rings. The topological polar surface area (TPSA) is 56.6 Å². The molecular formula is C22H23N3O3. The van der Waals surface area contributed by atoms with E-state index in [9.17, 15) is 4.79 Å². The molecule has 6 nitrogen and oxygen atoms in total. The Bertz CT molecular complexity index is 1040. The van der Waals surface area contributed by atoms with Crippen LogP contribution >= 0.6 is 0 Å². The lowest BCUT2D eigenvalue weighted by Gasteiger charge is -2.32. The summed E-state index contributed by atoms with van der Waals surface area (Å²) in [6.07, 6.45) is 2.02. The van der Waals surface area contributed by atoms with Gasteiger partial charge < -0.3 is 18.9 Å². The monoisotopic (exact) mass is 377 g/mol. The predicted molar refractivity (Wildman–Crippen MR) is 106 cm³/mol. The standard InChI is InChI=1S/C22H23N3O3/c1-24-18-7-3-2-6-17(18)23-21(24)16-5-4-10-25(14-16)22(26)15-8-9-19-20(13-15)28-12-11-27-19/h2-3,6-9,13,16H,4-5,10-12,14H2,1H3. The first-order valence-electron chi connectivity index (χ1n) is 9.81. The molecule has 0 N–H and O–H groups in total. The summed E-state index contributed by atoms with van der Waals surface area (Å²) in [4.78, 5) is 19.9. The second-order valence-corrected chi connectivity index (χ2v) is 7.47. The number of para-hydroxylation sites is 2. The normalized spacial score (nSPS) is 19.0. The zero-order chi connectivity index (χ0) is 19.1. The van der Waals surface area contributed by atoms with E-state index in [4.69, 9.17) is 14.5 Å². The van der Waals surface area contributed by atoms with Crippen molar-refractivity contribution in [2.75, 3.05) is 26.3 Å². The van der Waals surface area contributed by atoms with Crippen molar-refractivity contribution in [3.05, 3.63) is 53.9 Å². The average molecular weight is 377 g/mol. The number of carbonyl (C=O) groups excluding carboxylic acids is 1. The summed E-state index contributed by atoms with van der Waals surface area (Å²) in [6, 6.07) is 13.6. The zero-order valence-electron chi connectivity index (χ0n) is 15.9. The van der Waals surface area contributed by atoms with Crippen LogP contribution in [-0.4, -0.2) is 46.7 Å². The maximum atomic E-state index is 13.1. The first kappa shape index (κ1) is 17.1. The molecule has 1 unspecified atom stereocenters. The van der Waals surface area contributed by atoms with E-state index < -0.39 is 0 Å². The summed E-state index contributed by atoms with van der Waals surface area (Å²) in [5.41, 5.74) is 2.79. The van der Waals surface area contributed by atoms with Crippen molar-refractivity contribution < 1.29 is 14.3 Å². The summed E-state index contributed by atoms with van der Waals surface area (Å²) in [7, 11) is 2.06. The van der Waals surface area contributed by atoms with Crippen molar-refractivity contribution in [2.24, 2.45) is 7.05 Å². The minimum atomic E-state index is 0.0421. The van der Waals surface area contributed by atoms with Gasteiger partial charge in [-0.15, -0.1) is 0 Å². The fraction of sp³-hybridized carbons (Fsp3) is 0.364. The highest BCUT2D eigenvalue weighted by atomic mass is 16.6. The molecule has 1 amide bonds. The minimum Gasteiger partial charge on any atom is -0.486 e. The van der Waals surface area contributed by atoms with Crippen LogP contribution in [0.2, 0.25) is 0 Å². The molecule has 1 aromatic heterocycles. The molecule has 1 saturated heterocycles. The van der Waals surface area contributed by atoms with Crippen LogP contribution in [0.3, 0.4) is 0 Å². The van der Waals surface area contributed by atoms with Crippen LogP contribution in [-0.2, 0) is 7.05 Å². The molecule has 5 rings (SSSR count). The lowest BCUT2D eigenvalue weighted by Crippen LogP contribution is -2.39. The SMILES string of the molecule is Cn1c(C2CCCN(C(=O)c3ccc4c(c3)OCCO4)C2)nc2ccccc21. The Kier molecular flexibility index (Phi) is 4.19. The van der Waals surface area contributed by atoms with Gasteiger partial charge in [0.05, 0.1) is 11.0 Å². The number of amides is 1. The predicted octanol–water partition coefficient (Wildman–Crippen LogP) is 3.36. The molecule has 3 aromatic rings. The lowest BCUT2D eigenvalue weighted by molar-refractivity contribution is 0.0702. The third-order valence-electron chi connectivity index (χ3n) is 5.68. The van der Waals surface area contributed by atoms with Crippen LogP contribution in [0.1, 0.15) is 34.9 Å². The number of rotatable bonds is 2. The molecular weight excluding hydrogens is 354 g/mol. The number of hydrogen-bond donors (Lipinski definition) is 0. The van der Waals surface area contributed by atoms with Crippen molar-refractivity contribution in [2.45, 2.75) is 18.8 Å². The number of piperidine rings is 1. The molecule has 0 bridgehead atoms. The fourth-order valence-electron chi connectivity index (χ4n) is 4.26. The van der Waals surface area contributed by atoms with E-state index in [0.717, 1.165) is 36.2 Å². The molecule has 0 saturated carbocycles. The smallest absolute Gasteiger partial charge is 0.254 e. The van der Waals surface area contributed by atoms with Gasteiger partial charge in [-0.25, -0.2) is 4.98 Å². The van der Waals surface area contributed by atoms with Gasteiger partial charge in [0.25, 0.3) is 5.91 Å². The number of benzene rings is 2. The Balaban J connectivity index is 1.39. The Morgan fingerprint density at radius 2 is 1.93 bits per heavy atom. The molecule has 3 heterocycles. The zero-order valence-corrected chi connectivity index (χ0v) is 15.9. The number of imidazole rings is 1. The maximum Gasteiger partial charge on any atom is 0.254 e. The van der Waals surface area contributed by atoms with Crippen molar-refractivity contribution >= 4 is 16.9 Å². The fourth-order valence-corrected chi connectivity index (χ4v) is 4.26. The molecule has 0 radical (unpaired) electrons. The quantitative estimate of drug-likeness (QED) is 0.687. The number of carbonyl (C=O) groups is 1. The number of ether oxygens (including phenoxy) is 2. The van der Waals surface area contributed by atoms with Gasteiger partial charge in [0.15, 0.2) is 11.5 Å². The largest absolute Gasteiger partial charge is 0.486 e. The molecule has 0 spiro atoms. The summed E-state index contributed by atoms with van der Waals surface area (Å²) < 4.78 is 13.4. The average Bonchev–Trinajstić information content (AvgIpc) is 3.10. The number of likely N-dealkylation sites (tertiary alicyclic amines) is 1. The Labute approximate surface area is 163 Å². The van der Waals surface area contributed by atoms with Gasteiger partial charge in [-0.1, -0.05) is 12.1 Å². The maximum absolute atomic E-state index is 13.1. The second kappa shape index (κ2) is 6.86. The van der Waals surface area contributed by atoms with E-state index in [1.807, 2.05) is 35.2 Å². The van der Waals surface area contributed by atoms with Crippen molar-refractivity contribution in [1.82, 2.24) is 14.5 Å². The molecule has 0 aliphatic carbocycles.